The minimum atomic E-state index is 0.0580. The number of nitrogens with one attached hydrogen (secondary N) is 2. The van der Waals surface area contributed by atoms with E-state index < -0.39 is 0 Å². The molecule has 0 aliphatic carbocycles. The predicted molar refractivity (Wildman–Crippen MR) is 104 cm³/mol. The number of ether oxygens (including phenoxy) is 1. The van der Waals surface area contributed by atoms with Crippen LogP contribution in [0.1, 0.15) is 34.7 Å². The quantitative estimate of drug-likeness (QED) is 0.868. The summed E-state index contributed by atoms with van der Waals surface area (Å²) in [5.74, 6) is 1.38. The van der Waals surface area contributed by atoms with Gasteiger partial charge in [-0.3, -0.25) is 15.6 Å². The van der Waals surface area contributed by atoms with Gasteiger partial charge in [-0.25, -0.2) is 4.98 Å². The molecule has 2 fully saturated rings. The third kappa shape index (κ3) is 3.82. The molecule has 2 aliphatic heterocycles. The summed E-state index contributed by atoms with van der Waals surface area (Å²) in [4.78, 5) is 19.1. The Morgan fingerprint density at radius 1 is 1.26 bits per heavy atom. The van der Waals surface area contributed by atoms with Crippen molar-refractivity contribution in [2.45, 2.75) is 24.8 Å². The second kappa shape index (κ2) is 8.06. The first-order chi connectivity index (χ1) is 13.3. The summed E-state index contributed by atoms with van der Waals surface area (Å²) in [5, 5.41) is 0. The fraction of sp³-hybridized carbons (Fsp3) is 0.429. The van der Waals surface area contributed by atoms with Crippen LogP contribution in [0.5, 0.6) is 5.88 Å². The lowest BCUT2D eigenvalue weighted by atomic mass is 9.81. The third-order valence-electron chi connectivity index (χ3n) is 5.70. The Morgan fingerprint density at radius 2 is 2.11 bits per heavy atom. The molecule has 4 rings (SSSR count). The van der Waals surface area contributed by atoms with Gasteiger partial charge < -0.3 is 9.64 Å². The largest absolute Gasteiger partial charge is 0.481 e. The van der Waals surface area contributed by atoms with Crippen LogP contribution in [0.2, 0.25) is 0 Å². The van der Waals surface area contributed by atoms with Crippen LogP contribution < -0.4 is 15.6 Å². The normalized spacial score (nSPS) is 25.4. The zero-order valence-electron chi connectivity index (χ0n) is 15.6. The van der Waals surface area contributed by atoms with E-state index in [0.717, 1.165) is 32.5 Å². The highest BCUT2D eigenvalue weighted by Crippen LogP contribution is 2.32. The van der Waals surface area contributed by atoms with E-state index in [0.29, 0.717) is 29.3 Å². The van der Waals surface area contributed by atoms with Crippen LogP contribution in [0.25, 0.3) is 0 Å². The molecule has 2 aliphatic rings. The lowest BCUT2D eigenvalue weighted by molar-refractivity contribution is 0.0644. The molecular weight excluding hydrogens is 340 g/mol. The number of carbonyl (C=O) groups excluding carboxylic acids is 1. The molecule has 2 saturated heterocycles. The summed E-state index contributed by atoms with van der Waals surface area (Å²) in [6, 6.07) is 14.4. The van der Waals surface area contributed by atoms with E-state index in [2.05, 4.69) is 46.2 Å². The monoisotopic (exact) mass is 366 g/mol. The zero-order chi connectivity index (χ0) is 18.6. The van der Waals surface area contributed by atoms with Crippen molar-refractivity contribution in [1.82, 2.24) is 20.7 Å². The number of pyridine rings is 1. The molecule has 1 amide bonds. The highest BCUT2D eigenvalue weighted by atomic mass is 16.5. The lowest BCUT2D eigenvalue weighted by Crippen LogP contribution is -2.48. The van der Waals surface area contributed by atoms with Gasteiger partial charge in [-0.15, -0.1) is 0 Å². The fourth-order valence-electron chi connectivity index (χ4n) is 4.31. The van der Waals surface area contributed by atoms with E-state index in [9.17, 15) is 4.79 Å². The van der Waals surface area contributed by atoms with Gasteiger partial charge in [-0.2, -0.15) is 0 Å². The molecule has 3 unspecified atom stereocenters. The average molecular weight is 366 g/mol. The summed E-state index contributed by atoms with van der Waals surface area (Å²) in [6.07, 6.45) is 3.78. The van der Waals surface area contributed by atoms with Crippen LogP contribution in [0.4, 0.5) is 0 Å². The van der Waals surface area contributed by atoms with Crippen molar-refractivity contribution in [3.63, 3.8) is 0 Å². The number of amides is 1. The molecule has 2 aromatic rings. The van der Waals surface area contributed by atoms with Crippen molar-refractivity contribution in [3.05, 3.63) is 59.8 Å². The molecule has 1 aromatic carbocycles. The molecular formula is C21H26N4O2. The SMILES string of the molecule is COc1cc(C(=O)N2CCCC(C3NNCC3c3ccccc3)C2)ccn1. The molecule has 6 heteroatoms. The molecule has 6 nitrogen and oxygen atoms in total. The molecule has 1 aromatic heterocycles. The number of nitrogens with zero attached hydrogens (tertiary/aromatic N) is 2. The summed E-state index contributed by atoms with van der Waals surface area (Å²) in [5.41, 5.74) is 8.79. The molecule has 27 heavy (non-hydrogen) atoms. The predicted octanol–water partition coefficient (Wildman–Crippen LogP) is 2.20. The van der Waals surface area contributed by atoms with E-state index in [1.54, 1.807) is 25.4 Å². The van der Waals surface area contributed by atoms with Gasteiger partial charge in [0.2, 0.25) is 5.88 Å². The van der Waals surface area contributed by atoms with E-state index >= 15 is 0 Å². The maximum atomic E-state index is 13.0. The van der Waals surface area contributed by atoms with Crippen molar-refractivity contribution >= 4 is 5.91 Å². The van der Waals surface area contributed by atoms with E-state index in [4.69, 9.17) is 4.74 Å². The minimum absolute atomic E-state index is 0.0580. The Kier molecular flexibility index (Phi) is 5.36. The molecule has 0 radical (unpaired) electrons. The first-order valence-electron chi connectivity index (χ1n) is 9.59. The number of methoxy groups -OCH3 is 1. The molecule has 0 saturated carbocycles. The number of rotatable bonds is 4. The van der Waals surface area contributed by atoms with Gasteiger partial charge in [0.1, 0.15) is 0 Å². The number of hydrazine groups is 1. The Morgan fingerprint density at radius 3 is 2.93 bits per heavy atom. The Labute approximate surface area is 159 Å². The topological polar surface area (TPSA) is 66.5 Å². The number of likely N-dealkylation sites (tertiary alicyclic amines) is 1. The summed E-state index contributed by atoms with van der Waals surface area (Å²) < 4.78 is 5.16. The molecule has 142 valence electrons. The number of piperidine rings is 1. The average Bonchev–Trinajstić information content (AvgIpc) is 3.24. The summed E-state index contributed by atoms with van der Waals surface area (Å²) in [7, 11) is 1.57. The van der Waals surface area contributed by atoms with Crippen LogP contribution in [-0.2, 0) is 0 Å². The number of hydrogen-bond donors (Lipinski definition) is 2. The van der Waals surface area contributed by atoms with E-state index in [1.165, 1.54) is 5.56 Å². The summed E-state index contributed by atoms with van der Waals surface area (Å²) >= 11 is 0. The van der Waals surface area contributed by atoms with Gasteiger partial charge >= 0.3 is 0 Å². The van der Waals surface area contributed by atoms with Crippen molar-refractivity contribution in [2.75, 3.05) is 26.7 Å². The van der Waals surface area contributed by atoms with E-state index in [1.807, 2.05) is 4.90 Å². The third-order valence-corrected chi connectivity index (χ3v) is 5.70. The van der Waals surface area contributed by atoms with Gasteiger partial charge in [0.25, 0.3) is 5.91 Å². The Balaban J connectivity index is 1.48. The molecule has 2 N–H and O–H groups in total. The number of hydrogen-bond acceptors (Lipinski definition) is 5. The maximum absolute atomic E-state index is 13.0. The minimum Gasteiger partial charge on any atom is -0.481 e. The van der Waals surface area contributed by atoms with Crippen LogP contribution >= 0.6 is 0 Å². The second-order valence-corrected chi connectivity index (χ2v) is 7.31. The number of benzene rings is 1. The number of carbonyl (C=O) groups is 1. The summed E-state index contributed by atoms with van der Waals surface area (Å²) in [6.45, 7) is 2.49. The zero-order valence-corrected chi connectivity index (χ0v) is 15.6. The van der Waals surface area contributed by atoms with Crippen molar-refractivity contribution in [1.29, 1.82) is 0 Å². The first kappa shape index (κ1) is 17.9. The van der Waals surface area contributed by atoms with Crippen molar-refractivity contribution < 1.29 is 9.53 Å². The highest BCUT2D eigenvalue weighted by Gasteiger charge is 2.37. The fourth-order valence-corrected chi connectivity index (χ4v) is 4.31. The van der Waals surface area contributed by atoms with Crippen LogP contribution in [0.15, 0.2) is 48.7 Å². The first-order valence-corrected chi connectivity index (χ1v) is 9.59. The smallest absolute Gasteiger partial charge is 0.254 e. The standard InChI is InChI=1S/C21H26N4O2/c1-27-19-12-16(9-10-22-19)21(26)25-11-5-8-17(14-25)20-18(13-23-24-20)15-6-3-2-4-7-15/h2-4,6-7,9-10,12,17-18,20,23-24H,5,8,11,13-14H2,1H3. The van der Waals surface area contributed by atoms with Crippen LogP contribution in [-0.4, -0.2) is 48.6 Å². The molecule has 3 atom stereocenters. The van der Waals surface area contributed by atoms with Crippen LogP contribution in [0.3, 0.4) is 0 Å². The second-order valence-electron chi connectivity index (χ2n) is 7.31. The Hall–Kier alpha value is -2.44. The van der Waals surface area contributed by atoms with E-state index in [-0.39, 0.29) is 5.91 Å². The lowest BCUT2D eigenvalue weighted by Gasteiger charge is -2.37. The molecule has 3 heterocycles. The molecule has 0 spiro atoms. The van der Waals surface area contributed by atoms with Gasteiger partial charge in [0.15, 0.2) is 0 Å². The van der Waals surface area contributed by atoms with Gasteiger partial charge in [0.05, 0.1) is 7.11 Å². The van der Waals surface area contributed by atoms with Crippen molar-refractivity contribution in [2.24, 2.45) is 5.92 Å². The maximum Gasteiger partial charge on any atom is 0.254 e. The van der Waals surface area contributed by atoms with Gasteiger partial charge in [0, 0.05) is 49.4 Å². The van der Waals surface area contributed by atoms with Crippen LogP contribution in [0, 0.1) is 5.92 Å². The highest BCUT2D eigenvalue weighted by molar-refractivity contribution is 5.94. The number of aromatic nitrogens is 1. The Bertz CT molecular complexity index is 783. The van der Waals surface area contributed by atoms with Crippen molar-refractivity contribution in [3.8, 4) is 5.88 Å². The molecule has 0 bridgehead atoms. The van der Waals surface area contributed by atoms with Gasteiger partial charge in [-0.05, 0) is 30.4 Å². The van der Waals surface area contributed by atoms with Gasteiger partial charge in [-0.1, -0.05) is 30.3 Å².